The van der Waals surface area contributed by atoms with E-state index in [0.29, 0.717) is 25.4 Å². The number of hydrogen-bond acceptors (Lipinski definition) is 3. The van der Waals surface area contributed by atoms with Gasteiger partial charge in [-0.2, -0.15) is 0 Å². The van der Waals surface area contributed by atoms with Crippen molar-refractivity contribution in [2.24, 2.45) is 5.92 Å². The molecule has 2 rings (SSSR count). The first-order valence-electron chi connectivity index (χ1n) is 7.86. The van der Waals surface area contributed by atoms with Gasteiger partial charge in [-0.05, 0) is 44.4 Å². The Morgan fingerprint density at radius 1 is 1.19 bits per heavy atom. The SMILES string of the molecule is CC1CCC(N(C)C(=O)NCC2CCC(C(=O)O)O2)CC1. The number of carbonyl (C=O) groups is 2. The zero-order valence-corrected chi connectivity index (χ0v) is 12.9. The minimum absolute atomic E-state index is 0.0862. The normalized spacial score (nSPS) is 32.7. The number of carboxylic acid groups (broad SMARTS) is 1. The average molecular weight is 298 g/mol. The number of rotatable bonds is 4. The minimum Gasteiger partial charge on any atom is -0.479 e. The lowest BCUT2D eigenvalue weighted by Crippen LogP contribution is -2.46. The molecule has 1 heterocycles. The Balaban J connectivity index is 1.71. The molecule has 0 aromatic heterocycles. The zero-order chi connectivity index (χ0) is 15.4. The smallest absolute Gasteiger partial charge is 0.332 e. The molecule has 2 atom stereocenters. The Bertz CT molecular complexity index is 380. The predicted molar refractivity (Wildman–Crippen MR) is 78.1 cm³/mol. The van der Waals surface area contributed by atoms with E-state index in [0.717, 1.165) is 18.8 Å². The summed E-state index contributed by atoms with van der Waals surface area (Å²) in [6.07, 6.45) is 4.77. The van der Waals surface area contributed by atoms with Crippen molar-refractivity contribution in [1.29, 1.82) is 0 Å². The maximum Gasteiger partial charge on any atom is 0.332 e. The number of amides is 2. The quantitative estimate of drug-likeness (QED) is 0.830. The first-order chi connectivity index (χ1) is 9.97. The number of ether oxygens (including phenoxy) is 1. The Morgan fingerprint density at radius 3 is 2.43 bits per heavy atom. The standard InChI is InChI=1S/C15H26N2O4/c1-10-3-5-11(6-4-10)17(2)15(20)16-9-12-7-8-13(21-12)14(18)19/h10-13H,3-9H2,1-2H3,(H,16,20)(H,18,19). The lowest BCUT2D eigenvalue weighted by Gasteiger charge is -2.33. The molecule has 0 radical (unpaired) electrons. The van der Waals surface area contributed by atoms with Crippen LogP contribution in [0, 0.1) is 5.92 Å². The van der Waals surface area contributed by atoms with E-state index in [4.69, 9.17) is 9.84 Å². The highest BCUT2D eigenvalue weighted by Gasteiger charge is 2.31. The number of nitrogens with one attached hydrogen (secondary N) is 1. The maximum atomic E-state index is 12.1. The summed E-state index contributed by atoms with van der Waals surface area (Å²) in [5, 5.41) is 11.7. The van der Waals surface area contributed by atoms with E-state index in [1.807, 2.05) is 7.05 Å². The highest BCUT2D eigenvalue weighted by molar-refractivity contribution is 5.74. The molecule has 2 fully saturated rings. The third-order valence-electron chi connectivity index (χ3n) is 4.72. The van der Waals surface area contributed by atoms with Crippen molar-refractivity contribution in [3.05, 3.63) is 0 Å². The Hall–Kier alpha value is -1.30. The van der Waals surface area contributed by atoms with Crippen LogP contribution in [0.1, 0.15) is 45.4 Å². The lowest BCUT2D eigenvalue weighted by molar-refractivity contribution is -0.149. The molecule has 0 aromatic carbocycles. The molecule has 120 valence electrons. The van der Waals surface area contributed by atoms with Gasteiger partial charge in [0.15, 0.2) is 6.10 Å². The molecule has 0 spiro atoms. The van der Waals surface area contributed by atoms with Crippen molar-refractivity contribution >= 4 is 12.0 Å². The second-order valence-electron chi connectivity index (χ2n) is 6.37. The summed E-state index contributed by atoms with van der Waals surface area (Å²) >= 11 is 0. The fraction of sp³-hybridized carbons (Fsp3) is 0.867. The van der Waals surface area contributed by atoms with Crippen molar-refractivity contribution in [3.8, 4) is 0 Å². The molecule has 1 saturated carbocycles. The first-order valence-corrected chi connectivity index (χ1v) is 7.86. The summed E-state index contributed by atoms with van der Waals surface area (Å²) in [4.78, 5) is 24.7. The number of carboxylic acids is 1. The van der Waals surface area contributed by atoms with Gasteiger partial charge in [0.05, 0.1) is 6.10 Å². The fourth-order valence-electron chi connectivity index (χ4n) is 3.16. The van der Waals surface area contributed by atoms with E-state index in [-0.39, 0.29) is 12.1 Å². The third-order valence-corrected chi connectivity index (χ3v) is 4.72. The topological polar surface area (TPSA) is 78.9 Å². The Morgan fingerprint density at radius 2 is 1.86 bits per heavy atom. The number of urea groups is 1. The van der Waals surface area contributed by atoms with Crippen LogP contribution in [0.25, 0.3) is 0 Å². The van der Waals surface area contributed by atoms with E-state index in [1.165, 1.54) is 12.8 Å². The molecule has 1 aliphatic heterocycles. The van der Waals surface area contributed by atoms with E-state index in [9.17, 15) is 9.59 Å². The van der Waals surface area contributed by atoms with Gasteiger partial charge in [0.2, 0.25) is 0 Å². The second kappa shape index (κ2) is 7.11. The number of nitrogens with zero attached hydrogens (tertiary/aromatic N) is 1. The predicted octanol–water partition coefficient (Wildman–Crippen LogP) is 1.84. The van der Waals surface area contributed by atoms with E-state index in [2.05, 4.69) is 12.2 Å². The van der Waals surface area contributed by atoms with Gasteiger partial charge in [0.1, 0.15) is 0 Å². The van der Waals surface area contributed by atoms with Gasteiger partial charge in [-0.15, -0.1) is 0 Å². The molecular weight excluding hydrogens is 272 g/mol. The molecule has 2 aliphatic rings. The summed E-state index contributed by atoms with van der Waals surface area (Å²) in [6, 6.07) is 0.231. The molecular formula is C15H26N2O4. The highest BCUT2D eigenvalue weighted by atomic mass is 16.5. The van der Waals surface area contributed by atoms with Crippen molar-refractivity contribution in [2.75, 3.05) is 13.6 Å². The highest BCUT2D eigenvalue weighted by Crippen LogP contribution is 2.26. The molecule has 0 bridgehead atoms. The third kappa shape index (κ3) is 4.33. The van der Waals surface area contributed by atoms with Crippen LogP contribution >= 0.6 is 0 Å². The van der Waals surface area contributed by atoms with Crippen LogP contribution < -0.4 is 5.32 Å². The summed E-state index contributed by atoms with van der Waals surface area (Å²) in [5.74, 6) is -0.158. The van der Waals surface area contributed by atoms with Crippen molar-refractivity contribution in [1.82, 2.24) is 10.2 Å². The van der Waals surface area contributed by atoms with Gasteiger partial charge in [-0.1, -0.05) is 6.92 Å². The summed E-state index contributed by atoms with van der Waals surface area (Å²) < 4.78 is 5.38. The minimum atomic E-state index is -0.919. The molecule has 2 unspecified atom stereocenters. The first kappa shape index (κ1) is 16.1. The van der Waals surface area contributed by atoms with E-state index in [1.54, 1.807) is 4.90 Å². The molecule has 0 aromatic rings. The van der Waals surface area contributed by atoms with Gasteiger partial charge in [0, 0.05) is 19.6 Å². The molecule has 1 aliphatic carbocycles. The monoisotopic (exact) mass is 298 g/mol. The lowest BCUT2D eigenvalue weighted by atomic mass is 9.87. The Kier molecular flexibility index (Phi) is 5.45. The van der Waals surface area contributed by atoms with Crippen LogP contribution in [0.15, 0.2) is 0 Å². The van der Waals surface area contributed by atoms with Crippen LogP contribution in [0.5, 0.6) is 0 Å². The molecule has 21 heavy (non-hydrogen) atoms. The molecule has 2 amide bonds. The fourth-order valence-corrected chi connectivity index (χ4v) is 3.16. The van der Waals surface area contributed by atoms with Crippen LogP contribution in [0.4, 0.5) is 4.79 Å². The van der Waals surface area contributed by atoms with Crippen molar-refractivity contribution in [3.63, 3.8) is 0 Å². The van der Waals surface area contributed by atoms with Crippen LogP contribution in [0.3, 0.4) is 0 Å². The molecule has 2 N–H and O–H groups in total. The zero-order valence-electron chi connectivity index (χ0n) is 12.9. The summed E-state index contributed by atoms with van der Waals surface area (Å²) in [5.41, 5.74) is 0. The van der Waals surface area contributed by atoms with E-state index < -0.39 is 12.1 Å². The van der Waals surface area contributed by atoms with Crippen LogP contribution in [0.2, 0.25) is 0 Å². The number of hydrogen-bond donors (Lipinski definition) is 2. The van der Waals surface area contributed by atoms with Gasteiger partial charge < -0.3 is 20.1 Å². The molecule has 1 saturated heterocycles. The average Bonchev–Trinajstić information content (AvgIpc) is 2.94. The van der Waals surface area contributed by atoms with Gasteiger partial charge in [-0.3, -0.25) is 0 Å². The van der Waals surface area contributed by atoms with Crippen LogP contribution in [-0.2, 0) is 9.53 Å². The second-order valence-corrected chi connectivity index (χ2v) is 6.37. The molecule has 6 nitrogen and oxygen atoms in total. The van der Waals surface area contributed by atoms with Gasteiger partial charge in [-0.25, -0.2) is 9.59 Å². The maximum absolute atomic E-state index is 12.1. The largest absolute Gasteiger partial charge is 0.479 e. The van der Waals surface area contributed by atoms with Gasteiger partial charge >= 0.3 is 12.0 Å². The van der Waals surface area contributed by atoms with Crippen LogP contribution in [-0.4, -0.2) is 53.8 Å². The molecule has 6 heteroatoms. The number of aliphatic carboxylic acids is 1. The van der Waals surface area contributed by atoms with Gasteiger partial charge in [0.25, 0.3) is 0 Å². The summed E-state index contributed by atoms with van der Waals surface area (Å²) in [6.45, 7) is 2.64. The van der Waals surface area contributed by atoms with Crippen molar-refractivity contribution in [2.45, 2.75) is 63.7 Å². The van der Waals surface area contributed by atoms with E-state index >= 15 is 0 Å². The number of carbonyl (C=O) groups excluding carboxylic acids is 1. The van der Waals surface area contributed by atoms with Crippen molar-refractivity contribution < 1.29 is 19.4 Å². The Labute approximate surface area is 125 Å². The summed E-state index contributed by atoms with van der Waals surface area (Å²) in [7, 11) is 1.84.